The van der Waals surface area contributed by atoms with Gasteiger partial charge in [-0.3, -0.25) is 29.2 Å². The van der Waals surface area contributed by atoms with Crippen LogP contribution in [0.15, 0.2) is 12.1 Å². The molecular weight excluding hydrogens is 1520 g/mol. The van der Waals surface area contributed by atoms with Crippen molar-refractivity contribution in [2.45, 2.75) is 138 Å². The molecule has 0 amide bonds. The number of phenols is 4. The molecule has 2 radical (unpaired) electrons. The molecule has 4 aromatic carbocycles. The summed E-state index contributed by atoms with van der Waals surface area (Å²) >= 11 is 3.07. The molecule has 10 aliphatic rings. The van der Waals surface area contributed by atoms with Gasteiger partial charge in [-0.1, -0.05) is 19.1 Å². The Hall–Kier alpha value is -3.42. The van der Waals surface area contributed by atoms with Gasteiger partial charge in [0.2, 0.25) is 13.6 Å². The van der Waals surface area contributed by atoms with E-state index in [9.17, 15) is 40.5 Å². The molecule has 10 aliphatic heterocycles. The van der Waals surface area contributed by atoms with Crippen LogP contribution >= 0.6 is 23.5 Å². The van der Waals surface area contributed by atoms with Crippen LogP contribution in [-0.2, 0) is 31.9 Å². The summed E-state index contributed by atoms with van der Waals surface area (Å²) in [7, 11) is 4.06. The number of ether oxygens (including phenoxy) is 6. The second-order valence-electron chi connectivity index (χ2n) is 23.3. The molecule has 0 aliphatic carbocycles. The van der Waals surface area contributed by atoms with E-state index in [0.717, 1.165) is 55.6 Å². The van der Waals surface area contributed by atoms with E-state index in [1.54, 1.807) is 18.7 Å². The number of fused-ring (bicyclic) bond motifs is 18. The van der Waals surface area contributed by atoms with Gasteiger partial charge in [-0.25, -0.2) is 0 Å². The first-order valence-electron chi connectivity index (χ1n) is 27.3. The third-order valence-corrected chi connectivity index (χ3v) is 22.4. The zero-order chi connectivity index (χ0) is 56.4. The van der Waals surface area contributed by atoms with E-state index >= 15 is 0 Å². The molecule has 10 heterocycles. The van der Waals surface area contributed by atoms with E-state index in [-0.39, 0.29) is 191 Å². The van der Waals surface area contributed by atoms with Crippen LogP contribution in [0.5, 0.6) is 46.0 Å². The molecule has 0 spiro atoms. The van der Waals surface area contributed by atoms with Crippen LogP contribution in [-0.4, -0.2) is 147 Å². The Morgan fingerprint density at radius 3 is 1.38 bits per heavy atom. The molecule has 0 saturated carbocycles. The number of likely N-dealkylation sites (N-methyl/N-ethyl adjacent to an activating group) is 2. The maximum atomic E-state index is 12.9. The van der Waals surface area contributed by atoms with Crippen LogP contribution in [0.25, 0.3) is 0 Å². The number of carbonyl (C=O) groups excluding carboxylic acids is 2. The molecule has 4 saturated heterocycles. The summed E-state index contributed by atoms with van der Waals surface area (Å²) in [6.07, 6.45) is 1.21. The molecule has 426 valence electrons. The number of nitriles is 2. The molecule has 14 atom stereocenters. The van der Waals surface area contributed by atoms with E-state index in [1.165, 1.54) is 11.8 Å². The van der Waals surface area contributed by atoms with Crippen molar-refractivity contribution in [3.63, 3.8) is 0 Å². The minimum absolute atomic E-state index is 0. The predicted octanol–water partition coefficient (Wildman–Crippen LogP) is 6.59. The molecular formula is C59H65Ac2N7O12S2. The summed E-state index contributed by atoms with van der Waals surface area (Å²) in [4.78, 5) is 34.6. The van der Waals surface area contributed by atoms with Crippen molar-refractivity contribution in [2.24, 2.45) is 11.7 Å². The number of piperazine rings is 2. The van der Waals surface area contributed by atoms with Crippen LogP contribution in [0.3, 0.4) is 0 Å². The van der Waals surface area contributed by atoms with Crippen molar-refractivity contribution < 1.29 is 147 Å². The predicted molar refractivity (Wildman–Crippen MR) is 294 cm³/mol. The van der Waals surface area contributed by atoms with E-state index in [1.807, 2.05) is 55.6 Å². The van der Waals surface area contributed by atoms with Gasteiger partial charge in [0.15, 0.2) is 23.0 Å². The minimum atomic E-state index is -0.837. The number of hydrogen-bond donors (Lipinski definition) is 5. The largest absolute Gasteiger partial charge is 0.507 e. The third-order valence-electron chi connectivity index (χ3n) is 19.4. The molecule has 4 fully saturated rings. The maximum absolute atomic E-state index is 12.9. The summed E-state index contributed by atoms with van der Waals surface area (Å²) in [5, 5.41) is 67.4. The molecule has 8 bridgehead atoms. The summed E-state index contributed by atoms with van der Waals surface area (Å²) in [6.45, 7) is 13.4. The number of phenolic OH excluding ortho intramolecular Hbond substituents is 4. The fourth-order valence-electron chi connectivity index (χ4n) is 15.2. The minimum Gasteiger partial charge on any atom is -0.507 e. The Balaban J connectivity index is 0.000000168. The second kappa shape index (κ2) is 22.4. The Morgan fingerprint density at radius 2 is 0.951 bits per heavy atom. The van der Waals surface area contributed by atoms with Gasteiger partial charge in [0.25, 0.3) is 0 Å². The molecule has 19 nitrogen and oxygen atoms in total. The zero-order valence-electron chi connectivity index (χ0n) is 47.2. The number of thioether (sulfide) groups is 2. The van der Waals surface area contributed by atoms with E-state index < -0.39 is 41.4 Å². The summed E-state index contributed by atoms with van der Waals surface area (Å²) < 4.78 is 35.3. The van der Waals surface area contributed by atoms with Crippen molar-refractivity contribution in [1.82, 2.24) is 19.6 Å². The van der Waals surface area contributed by atoms with Crippen molar-refractivity contribution in [3.8, 4) is 58.1 Å². The summed E-state index contributed by atoms with van der Waals surface area (Å²) in [6, 6.07) is 4.95. The van der Waals surface area contributed by atoms with Crippen LogP contribution < -0.4 is 24.7 Å². The van der Waals surface area contributed by atoms with Crippen molar-refractivity contribution in [3.05, 3.63) is 90.0 Å². The molecule has 2 unspecified atom stereocenters. The van der Waals surface area contributed by atoms with Crippen molar-refractivity contribution in [2.75, 3.05) is 52.4 Å². The normalized spacial score (nSPS) is 31.7. The number of aryl methyl sites for hydroxylation is 2. The van der Waals surface area contributed by atoms with Crippen LogP contribution in [0.4, 0.5) is 0 Å². The van der Waals surface area contributed by atoms with E-state index in [4.69, 9.17) is 34.2 Å². The molecule has 0 aromatic heterocycles. The zero-order valence-corrected chi connectivity index (χ0v) is 58.3. The van der Waals surface area contributed by atoms with Gasteiger partial charge < -0.3 is 54.6 Å². The Kier molecular flexibility index (Phi) is 16.5. The molecule has 82 heavy (non-hydrogen) atoms. The van der Waals surface area contributed by atoms with Gasteiger partial charge in [0, 0.05) is 168 Å². The number of nitrogens with two attached hydrogens (primary N) is 1. The maximum Gasteiger partial charge on any atom is 0.323 e. The van der Waals surface area contributed by atoms with E-state index in [0.29, 0.717) is 69.6 Å². The number of aromatic hydroxyl groups is 4. The first-order chi connectivity index (χ1) is 38.3. The van der Waals surface area contributed by atoms with Gasteiger partial charge in [0.1, 0.15) is 54.3 Å². The third kappa shape index (κ3) is 8.67. The number of nitrogens with zero attached hydrogens (tertiary/aromatic N) is 6. The monoisotopic (exact) mass is 1580 g/mol. The standard InChI is InChI=1S/C30H33N3O6S.C29H32N4O6S.2Ac/c1-12-6-16-7-17-18(8-31)33-19-9-37-30(36)13(2)10-40-29(24(33)23(32(17)5)20(16)25(34)14(12)3)22-21(19)28-27(38-11-39-28)15(4)26(22)35;1-11-5-14-6-16-17(7-30)33-18-8-37-29(36)15(31)9-40-28(23(33)22(32(16)4)19(14)24(34)12(11)2)21-20(18)27-26(38-10-39-27)13(3)25(21)35;;/h6,13,17-19,23-24,29,34-35H,7,9-11H2,1-5H3;5,15-18,22-23,28,34-35H,6,8-10,31H2,1-4H3;;/t13-,17-,18-,19-,23+,24?,29+;15-,16-,17-,18-,22+,23?,28+;;/m00../s1. The second-order valence-corrected chi connectivity index (χ2v) is 25.7. The van der Waals surface area contributed by atoms with Gasteiger partial charge in [-0.15, -0.1) is 11.8 Å². The fourth-order valence-corrected chi connectivity index (χ4v) is 18.2. The van der Waals surface area contributed by atoms with Gasteiger partial charge in [-0.2, -0.15) is 22.3 Å². The quantitative estimate of drug-likeness (QED) is 0.116. The van der Waals surface area contributed by atoms with Crippen LogP contribution in [0, 0.1) is 158 Å². The first kappa shape index (κ1) is 60.3. The Morgan fingerprint density at radius 1 is 0.561 bits per heavy atom. The van der Waals surface area contributed by atoms with Gasteiger partial charge in [-0.05, 0) is 102 Å². The Labute approximate surface area is 556 Å². The SMILES string of the molecule is Cc1cc2c(c(O)c1C)[C@@H]1C3[C@@H]4SC[C@H](C)C(=O)OC[C@@H](c5c6c(c(C)c(O)c54)OCO6)N3[C@@H](C#N)[C@H](C2)N1C.Cc1cc2c(c(O)c1C)[C@@H]1C3[C@@H]4SC[C@H](N)C(=O)OC[C@@H](c5c6c(c(C)c(O)c54)OCO6)N3[C@@H](C#N)[C@H](C2)N1C.[Ac].[Ac]. The average molecular weight is 1580 g/mol. The van der Waals surface area contributed by atoms with Gasteiger partial charge >= 0.3 is 11.9 Å². The number of esters is 2. The molecule has 6 N–H and O–H groups in total. The van der Waals surface area contributed by atoms with Crippen molar-refractivity contribution in [1.29, 1.82) is 10.5 Å². The van der Waals surface area contributed by atoms with Crippen molar-refractivity contribution >= 4 is 35.5 Å². The smallest absolute Gasteiger partial charge is 0.323 e. The molecule has 14 rings (SSSR count). The van der Waals surface area contributed by atoms with Gasteiger partial charge in [0.05, 0.1) is 52.7 Å². The summed E-state index contributed by atoms with van der Waals surface area (Å²) in [5.74, 6) is 2.50. The summed E-state index contributed by atoms with van der Waals surface area (Å²) in [5.41, 5.74) is 17.9. The number of hydrogen-bond acceptors (Lipinski definition) is 21. The average Bonchev–Trinajstić information content (AvgIpc) is 2.11. The fraction of sp³-hybridized carbons (Fsp3) is 0.525. The number of cyclic esters (lactones) is 2. The topological polar surface area (TPSA) is 257 Å². The first-order valence-corrected chi connectivity index (χ1v) is 29.4. The number of rotatable bonds is 0. The van der Waals surface area contributed by atoms with Crippen LogP contribution in [0.2, 0.25) is 0 Å². The molecule has 23 heteroatoms. The van der Waals surface area contributed by atoms with Crippen LogP contribution in [0.1, 0.15) is 119 Å². The van der Waals surface area contributed by atoms with E-state index in [2.05, 4.69) is 43.9 Å². The molecule has 4 aromatic rings. The number of carbonyl (C=O) groups is 2. The Bertz CT molecular complexity index is 3250. The number of benzene rings is 4.